The quantitative estimate of drug-likeness (QED) is 0.169. The number of halogens is 1. The van der Waals surface area contributed by atoms with Crippen LogP contribution in [-0.2, 0) is 16.0 Å². The van der Waals surface area contributed by atoms with E-state index in [9.17, 15) is 0 Å². The van der Waals surface area contributed by atoms with E-state index in [0.29, 0.717) is 32.9 Å². The second kappa shape index (κ2) is 18.4. The zero-order chi connectivity index (χ0) is 21.3. The Kier molecular flexibility index (Phi) is 16.6. The molecule has 1 aliphatic rings. The molecule has 0 radical (unpaired) electrons. The van der Waals surface area contributed by atoms with Crippen LogP contribution < -0.4 is 15.5 Å². The molecule has 1 aromatic rings. The van der Waals surface area contributed by atoms with Crippen molar-refractivity contribution in [1.82, 2.24) is 15.6 Å². The first-order valence-corrected chi connectivity index (χ1v) is 11.7. The molecule has 0 bridgehead atoms. The van der Waals surface area contributed by atoms with Gasteiger partial charge in [-0.05, 0) is 37.8 Å². The molecule has 8 heteroatoms. The summed E-state index contributed by atoms with van der Waals surface area (Å²) >= 11 is 0. The Bertz CT molecular complexity index is 578. The summed E-state index contributed by atoms with van der Waals surface area (Å²) in [6.45, 7) is 11.4. The van der Waals surface area contributed by atoms with Gasteiger partial charge in [0.05, 0.1) is 26.4 Å². The molecule has 1 aliphatic heterocycles. The molecule has 0 unspecified atom stereocenters. The van der Waals surface area contributed by atoms with Crippen molar-refractivity contribution in [3.63, 3.8) is 0 Å². The van der Waals surface area contributed by atoms with Gasteiger partial charge in [0.15, 0.2) is 5.96 Å². The van der Waals surface area contributed by atoms with Crippen LogP contribution >= 0.6 is 24.0 Å². The lowest BCUT2D eigenvalue weighted by Crippen LogP contribution is -2.39. The van der Waals surface area contributed by atoms with E-state index in [0.717, 1.165) is 56.4 Å². The zero-order valence-corrected chi connectivity index (χ0v) is 21.7. The normalized spacial score (nSPS) is 14.6. The van der Waals surface area contributed by atoms with Crippen molar-refractivity contribution in [1.29, 1.82) is 0 Å². The summed E-state index contributed by atoms with van der Waals surface area (Å²) in [5.41, 5.74) is 1.12. The average molecular weight is 548 g/mol. The van der Waals surface area contributed by atoms with Crippen molar-refractivity contribution in [2.24, 2.45) is 4.99 Å². The first-order valence-electron chi connectivity index (χ1n) is 11.7. The molecule has 0 aromatic carbocycles. The van der Waals surface area contributed by atoms with Gasteiger partial charge >= 0.3 is 0 Å². The molecule has 2 rings (SSSR count). The van der Waals surface area contributed by atoms with Gasteiger partial charge in [0.1, 0.15) is 5.82 Å². The van der Waals surface area contributed by atoms with Crippen LogP contribution in [0.3, 0.4) is 0 Å². The number of guanidine groups is 1. The van der Waals surface area contributed by atoms with Crippen molar-refractivity contribution in [2.75, 3.05) is 57.5 Å². The Morgan fingerprint density at radius 3 is 2.39 bits per heavy atom. The van der Waals surface area contributed by atoms with E-state index < -0.39 is 0 Å². The fourth-order valence-corrected chi connectivity index (χ4v) is 3.32. The highest BCUT2D eigenvalue weighted by Gasteiger charge is 2.10. The molecule has 0 atom stereocenters. The lowest BCUT2D eigenvalue weighted by molar-refractivity contribution is 0.0487. The van der Waals surface area contributed by atoms with Crippen LogP contribution in [-0.4, -0.2) is 63.6 Å². The van der Waals surface area contributed by atoms with E-state index in [1.54, 1.807) is 0 Å². The second-order valence-corrected chi connectivity index (χ2v) is 7.63. The predicted molar refractivity (Wildman–Crippen MR) is 140 cm³/mol. The molecule has 2 heterocycles. The van der Waals surface area contributed by atoms with E-state index >= 15 is 0 Å². The van der Waals surface area contributed by atoms with Crippen molar-refractivity contribution < 1.29 is 9.47 Å². The highest BCUT2D eigenvalue weighted by molar-refractivity contribution is 14.0. The van der Waals surface area contributed by atoms with Crippen LogP contribution in [0.4, 0.5) is 5.82 Å². The molecule has 0 saturated carbocycles. The summed E-state index contributed by atoms with van der Waals surface area (Å²) in [6.07, 6.45) is 9.43. The number of aromatic nitrogens is 1. The van der Waals surface area contributed by atoms with Gasteiger partial charge in [0, 0.05) is 39.0 Å². The Balaban J connectivity index is 0.00000480. The maximum absolute atomic E-state index is 5.60. The van der Waals surface area contributed by atoms with Crippen molar-refractivity contribution in [3.05, 3.63) is 23.9 Å². The lowest BCUT2D eigenvalue weighted by atomic mass is 10.2. The number of pyridine rings is 1. The Morgan fingerprint density at radius 2 is 1.74 bits per heavy atom. The minimum atomic E-state index is 0. The third-order valence-corrected chi connectivity index (χ3v) is 5.06. The van der Waals surface area contributed by atoms with Gasteiger partial charge in [-0.25, -0.2) is 9.98 Å². The predicted octanol–water partition coefficient (Wildman–Crippen LogP) is 3.97. The van der Waals surface area contributed by atoms with E-state index in [4.69, 9.17) is 9.47 Å². The van der Waals surface area contributed by atoms with Gasteiger partial charge in [0.2, 0.25) is 0 Å². The molecular formula is C23H42IN5O2. The third-order valence-electron chi connectivity index (χ3n) is 5.06. The fourth-order valence-electron chi connectivity index (χ4n) is 3.32. The van der Waals surface area contributed by atoms with Crippen molar-refractivity contribution in [2.45, 2.75) is 58.9 Å². The average Bonchev–Trinajstić information content (AvgIpc) is 3.06. The highest BCUT2D eigenvalue weighted by Crippen LogP contribution is 2.17. The maximum Gasteiger partial charge on any atom is 0.191 e. The number of anilines is 1. The van der Waals surface area contributed by atoms with E-state index in [2.05, 4.69) is 51.5 Å². The highest BCUT2D eigenvalue weighted by atomic mass is 127. The molecule has 1 saturated heterocycles. The summed E-state index contributed by atoms with van der Waals surface area (Å²) in [7, 11) is 0. The summed E-state index contributed by atoms with van der Waals surface area (Å²) in [5, 5.41) is 6.59. The summed E-state index contributed by atoms with van der Waals surface area (Å²) in [6, 6.07) is 4.27. The Labute approximate surface area is 205 Å². The number of hydrogen-bond acceptors (Lipinski definition) is 5. The van der Waals surface area contributed by atoms with Crippen molar-refractivity contribution >= 4 is 35.8 Å². The number of ether oxygens (including phenoxy) is 2. The number of unbranched alkanes of at least 4 members (excludes halogenated alkanes) is 1. The van der Waals surface area contributed by atoms with E-state index in [1.807, 2.05) is 6.20 Å². The minimum absolute atomic E-state index is 0. The van der Waals surface area contributed by atoms with Crippen LogP contribution in [0.5, 0.6) is 0 Å². The van der Waals surface area contributed by atoms with Gasteiger partial charge in [-0.1, -0.05) is 32.3 Å². The van der Waals surface area contributed by atoms with Crippen LogP contribution in [0.1, 0.15) is 57.9 Å². The first-order chi connectivity index (χ1) is 14.8. The molecule has 1 aromatic heterocycles. The molecule has 1 fully saturated rings. The van der Waals surface area contributed by atoms with E-state index in [-0.39, 0.29) is 24.0 Å². The number of aliphatic imine (C=N–C) groups is 1. The molecular weight excluding hydrogens is 505 g/mol. The van der Waals surface area contributed by atoms with Crippen LogP contribution in [0, 0.1) is 0 Å². The second-order valence-electron chi connectivity index (χ2n) is 7.63. The Hall–Kier alpha value is -1.13. The van der Waals surface area contributed by atoms with Gasteiger partial charge in [-0.15, -0.1) is 24.0 Å². The summed E-state index contributed by atoms with van der Waals surface area (Å²) < 4.78 is 11.1. The van der Waals surface area contributed by atoms with E-state index in [1.165, 1.54) is 25.7 Å². The summed E-state index contributed by atoms with van der Waals surface area (Å²) in [4.78, 5) is 11.7. The van der Waals surface area contributed by atoms with Crippen LogP contribution in [0.2, 0.25) is 0 Å². The standard InChI is InChI=1S/C23H41N5O2.HI/c1-3-5-15-29-17-18-30-16-12-25-23(24-4-2)27-20-21-10-11-22(26-19-21)28-13-8-6-7-9-14-28;/h10-11,19H,3-9,12-18,20H2,1-2H3,(H2,24,25,27);1H. The van der Waals surface area contributed by atoms with Gasteiger partial charge in [0.25, 0.3) is 0 Å². The molecule has 2 N–H and O–H groups in total. The monoisotopic (exact) mass is 547 g/mol. The van der Waals surface area contributed by atoms with Crippen LogP contribution in [0.25, 0.3) is 0 Å². The topological polar surface area (TPSA) is 71.0 Å². The van der Waals surface area contributed by atoms with Gasteiger partial charge in [-0.2, -0.15) is 0 Å². The van der Waals surface area contributed by atoms with Gasteiger partial charge in [-0.3, -0.25) is 0 Å². The lowest BCUT2D eigenvalue weighted by Gasteiger charge is -2.21. The number of rotatable bonds is 13. The molecule has 31 heavy (non-hydrogen) atoms. The maximum atomic E-state index is 5.60. The molecule has 0 spiro atoms. The zero-order valence-electron chi connectivity index (χ0n) is 19.4. The largest absolute Gasteiger partial charge is 0.379 e. The Morgan fingerprint density at radius 1 is 1.00 bits per heavy atom. The third kappa shape index (κ3) is 12.5. The van der Waals surface area contributed by atoms with Crippen LogP contribution in [0.15, 0.2) is 23.3 Å². The number of nitrogens with zero attached hydrogens (tertiary/aromatic N) is 3. The number of nitrogens with one attached hydrogen (secondary N) is 2. The summed E-state index contributed by atoms with van der Waals surface area (Å²) in [5.74, 6) is 1.89. The first kappa shape index (κ1) is 27.9. The SMILES string of the molecule is CCCCOCCOCCNC(=NCc1ccc(N2CCCCCC2)nc1)NCC.I. The smallest absolute Gasteiger partial charge is 0.191 e. The molecule has 7 nitrogen and oxygen atoms in total. The fraction of sp³-hybridized carbons (Fsp3) is 0.739. The molecule has 178 valence electrons. The molecule has 0 amide bonds. The van der Waals surface area contributed by atoms with Gasteiger partial charge < -0.3 is 25.0 Å². The number of hydrogen-bond donors (Lipinski definition) is 2. The molecule has 0 aliphatic carbocycles. The minimum Gasteiger partial charge on any atom is -0.379 e. The van der Waals surface area contributed by atoms with Crippen molar-refractivity contribution in [3.8, 4) is 0 Å².